The maximum atomic E-state index is 5.88. The third kappa shape index (κ3) is 3.58. The van der Waals surface area contributed by atoms with Gasteiger partial charge in [0.05, 0.1) is 5.69 Å². The Bertz CT molecular complexity index is 694. The number of halogens is 1. The maximum Gasteiger partial charge on any atom is 0.148 e. The molecule has 1 N–H and O–H groups in total. The van der Waals surface area contributed by atoms with Crippen LogP contribution < -0.4 is 5.32 Å². The van der Waals surface area contributed by atoms with Gasteiger partial charge in [-0.05, 0) is 29.8 Å². The maximum absolute atomic E-state index is 5.88. The Balaban J connectivity index is 1.68. The van der Waals surface area contributed by atoms with Crippen LogP contribution in [0.1, 0.15) is 5.56 Å². The third-order valence-electron chi connectivity index (χ3n) is 3.12. The number of benzene rings is 2. The molecule has 3 aromatic rings. The van der Waals surface area contributed by atoms with E-state index in [-0.39, 0.29) is 0 Å². The average molecular weight is 296 g/mol. The second kappa shape index (κ2) is 6.37. The molecule has 0 radical (unpaired) electrons. The summed E-state index contributed by atoms with van der Waals surface area (Å²) in [6, 6.07) is 21.6. The average Bonchev–Trinajstić information content (AvgIpc) is 2.55. The van der Waals surface area contributed by atoms with Gasteiger partial charge in [0.25, 0.3) is 0 Å². The molecule has 1 aromatic heterocycles. The van der Waals surface area contributed by atoms with E-state index in [9.17, 15) is 0 Å². The van der Waals surface area contributed by atoms with Gasteiger partial charge in [0.1, 0.15) is 5.82 Å². The Hall–Kier alpha value is -2.39. The monoisotopic (exact) mass is 295 g/mol. The van der Waals surface area contributed by atoms with Gasteiger partial charge in [-0.1, -0.05) is 54.1 Å². The fraction of sp³-hybridized carbons (Fsp3) is 0.0588. The van der Waals surface area contributed by atoms with E-state index in [1.54, 1.807) is 0 Å². The van der Waals surface area contributed by atoms with Crippen LogP contribution in [0, 0.1) is 0 Å². The molecule has 0 saturated carbocycles. The number of aromatic nitrogens is 2. The summed E-state index contributed by atoms with van der Waals surface area (Å²) in [5.41, 5.74) is 3.04. The van der Waals surface area contributed by atoms with Gasteiger partial charge >= 0.3 is 0 Å². The van der Waals surface area contributed by atoms with Crippen LogP contribution in [0.4, 0.5) is 5.82 Å². The Morgan fingerprint density at radius 1 is 0.810 bits per heavy atom. The van der Waals surface area contributed by atoms with Gasteiger partial charge in [-0.25, -0.2) is 0 Å². The molecule has 0 atom stereocenters. The number of nitrogens with zero attached hydrogens (tertiary/aromatic N) is 2. The predicted octanol–water partition coefficient (Wildman–Crippen LogP) is 4.41. The van der Waals surface area contributed by atoms with E-state index in [1.807, 2.05) is 54.6 Å². The summed E-state index contributed by atoms with van der Waals surface area (Å²) < 4.78 is 0. The zero-order valence-corrected chi connectivity index (χ0v) is 12.1. The van der Waals surface area contributed by atoms with Crippen LogP contribution in [-0.4, -0.2) is 10.2 Å². The van der Waals surface area contributed by atoms with Gasteiger partial charge in [-0.3, -0.25) is 0 Å². The fourth-order valence-corrected chi connectivity index (χ4v) is 2.12. The van der Waals surface area contributed by atoms with E-state index in [0.29, 0.717) is 5.02 Å². The van der Waals surface area contributed by atoms with Gasteiger partial charge in [-0.2, -0.15) is 0 Å². The lowest BCUT2D eigenvalue weighted by atomic mass is 10.1. The van der Waals surface area contributed by atoms with Crippen LogP contribution >= 0.6 is 11.6 Å². The molecule has 0 aliphatic rings. The minimum atomic E-state index is 0.716. The molecule has 4 heteroatoms. The largest absolute Gasteiger partial charge is 0.365 e. The molecule has 2 aromatic carbocycles. The van der Waals surface area contributed by atoms with E-state index in [1.165, 1.54) is 5.56 Å². The normalized spacial score (nSPS) is 10.3. The van der Waals surface area contributed by atoms with Gasteiger partial charge < -0.3 is 5.32 Å². The van der Waals surface area contributed by atoms with E-state index in [0.717, 1.165) is 23.6 Å². The Kier molecular flexibility index (Phi) is 4.12. The summed E-state index contributed by atoms with van der Waals surface area (Å²) in [5.74, 6) is 0.761. The summed E-state index contributed by atoms with van der Waals surface area (Å²) >= 11 is 5.88. The molecule has 0 unspecified atom stereocenters. The zero-order chi connectivity index (χ0) is 14.5. The van der Waals surface area contributed by atoms with Crippen molar-refractivity contribution in [2.45, 2.75) is 6.54 Å². The molecule has 104 valence electrons. The quantitative estimate of drug-likeness (QED) is 0.775. The van der Waals surface area contributed by atoms with E-state index in [4.69, 9.17) is 11.6 Å². The highest BCUT2D eigenvalue weighted by molar-refractivity contribution is 6.30. The molecule has 0 spiro atoms. The van der Waals surface area contributed by atoms with Crippen molar-refractivity contribution in [2.24, 2.45) is 0 Å². The lowest BCUT2D eigenvalue weighted by molar-refractivity contribution is 1.01. The number of hydrogen-bond acceptors (Lipinski definition) is 3. The third-order valence-corrected chi connectivity index (χ3v) is 3.37. The molecule has 0 saturated heterocycles. The molecule has 1 heterocycles. The first-order chi connectivity index (χ1) is 10.3. The van der Waals surface area contributed by atoms with Crippen molar-refractivity contribution < 1.29 is 0 Å². The van der Waals surface area contributed by atoms with Crippen molar-refractivity contribution in [1.29, 1.82) is 0 Å². The van der Waals surface area contributed by atoms with Crippen LogP contribution in [-0.2, 0) is 6.54 Å². The van der Waals surface area contributed by atoms with Gasteiger partial charge in [0.15, 0.2) is 0 Å². The Morgan fingerprint density at radius 2 is 1.57 bits per heavy atom. The first kappa shape index (κ1) is 13.6. The van der Waals surface area contributed by atoms with Crippen molar-refractivity contribution in [1.82, 2.24) is 10.2 Å². The molecule has 0 aliphatic carbocycles. The molecule has 21 heavy (non-hydrogen) atoms. The summed E-state index contributed by atoms with van der Waals surface area (Å²) in [7, 11) is 0. The van der Waals surface area contributed by atoms with Crippen molar-refractivity contribution in [3.63, 3.8) is 0 Å². The molecular weight excluding hydrogens is 282 g/mol. The highest BCUT2D eigenvalue weighted by Crippen LogP contribution is 2.19. The number of anilines is 1. The summed E-state index contributed by atoms with van der Waals surface area (Å²) in [4.78, 5) is 0. The fourth-order valence-electron chi connectivity index (χ4n) is 1.99. The van der Waals surface area contributed by atoms with Crippen LogP contribution in [0.5, 0.6) is 0 Å². The molecule has 0 amide bonds. The van der Waals surface area contributed by atoms with Crippen LogP contribution in [0.3, 0.4) is 0 Å². The number of hydrogen-bond donors (Lipinski definition) is 1. The minimum Gasteiger partial charge on any atom is -0.365 e. The predicted molar refractivity (Wildman–Crippen MR) is 86.2 cm³/mol. The van der Waals surface area contributed by atoms with Crippen molar-refractivity contribution in [2.75, 3.05) is 5.32 Å². The molecule has 0 fully saturated rings. The van der Waals surface area contributed by atoms with Crippen molar-refractivity contribution >= 4 is 17.4 Å². The molecule has 3 nitrogen and oxygen atoms in total. The number of rotatable bonds is 4. The van der Waals surface area contributed by atoms with Crippen molar-refractivity contribution in [3.8, 4) is 11.3 Å². The van der Waals surface area contributed by atoms with E-state index >= 15 is 0 Å². The minimum absolute atomic E-state index is 0.716. The second-order valence-electron chi connectivity index (χ2n) is 4.65. The molecule has 3 rings (SSSR count). The van der Waals surface area contributed by atoms with Gasteiger partial charge in [0, 0.05) is 17.1 Å². The Labute approximate surface area is 128 Å². The molecule has 0 bridgehead atoms. The first-order valence-corrected chi connectivity index (χ1v) is 7.06. The van der Waals surface area contributed by atoms with Crippen molar-refractivity contribution in [3.05, 3.63) is 77.3 Å². The highest BCUT2D eigenvalue weighted by Gasteiger charge is 2.01. The zero-order valence-electron chi connectivity index (χ0n) is 11.3. The first-order valence-electron chi connectivity index (χ1n) is 6.69. The standard InChI is InChI=1S/C17H14ClN3/c18-15-8-6-14(7-9-15)16-10-11-17(21-20-16)19-12-13-4-2-1-3-5-13/h1-11H,12H2,(H,19,21). The van der Waals surface area contributed by atoms with Gasteiger partial charge in [-0.15, -0.1) is 10.2 Å². The van der Waals surface area contributed by atoms with Crippen LogP contribution in [0.25, 0.3) is 11.3 Å². The molecule has 0 aliphatic heterocycles. The number of nitrogens with one attached hydrogen (secondary N) is 1. The Morgan fingerprint density at radius 3 is 2.24 bits per heavy atom. The highest BCUT2D eigenvalue weighted by atomic mass is 35.5. The lowest BCUT2D eigenvalue weighted by Crippen LogP contribution is -2.02. The summed E-state index contributed by atoms with van der Waals surface area (Å²) in [5, 5.41) is 12.4. The van der Waals surface area contributed by atoms with Gasteiger partial charge in [0.2, 0.25) is 0 Å². The van der Waals surface area contributed by atoms with E-state index < -0.39 is 0 Å². The second-order valence-corrected chi connectivity index (χ2v) is 5.09. The van der Waals surface area contributed by atoms with E-state index in [2.05, 4.69) is 27.6 Å². The van der Waals surface area contributed by atoms with Crippen LogP contribution in [0.2, 0.25) is 5.02 Å². The summed E-state index contributed by atoms with van der Waals surface area (Å²) in [6.45, 7) is 0.732. The molecular formula is C17H14ClN3. The smallest absolute Gasteiger partial charge is 0.148 e. The topological polar surface area (TPSA) is 37.8 Å². The van der Waals surface area contributed by atoms with Crippen LogP contribution in [0.15, 0.2) is 66.7 Å². The SMILES string of the molecule is Clc1ccc(-c2ccc(NCc3ccccc3)nn2)cc1. The lowest BCUT2D eigenvalue weighted by Gasteiger charge is -2.06. The summed E-state index contributed by atoms with van der Waals surface area (Å²) in [6.07, 6.45) is 0.